The van der Waals surface area contributed by atoms with Gasteiger partial charge in [0.2, 0.25) is 0 Å². The lowest BCUT2D eigenvalue weighted by Gasteiger charge is -2.34. The second-order valence-electron chi connectivity index (χ2n) is 12.1. The number of benzene rings is 1. The first-order chi connectivity index (χ1) is 20.1. The fraction of sp³-hybridized carbons (Fsp3) is 0.469. The second-order valence-corrected chi connectivity index (χ2v) is 12.1. The van der Waals surface area contributed by atoms with Crippen LogP contribution in [0.15, 0.2) is 53.7 Å². The van der Waals surface area contributed by atoms with Crippen LogP contribution in [-0.4, -0.2) is 36.7 Å². The summed E-state index contributed by atoms with van der Waals surface area (Å²) < 4.78 is 47.0. The Labute approximate surface area is 242 Å². The van der Waals surface area contributed by atoms with Crippen molar-refractivity contribution in [2.24, 2.45) is 11.8 Å². The van der Waals surface area contributed by atoms with Crippen molar-refractivity contribution < 1.29 is 13.2 Å². The lowest BCUT2D eigenvalue weighted by Crippen LogP contribution is -2.34. The number of pyridine rings is 1. The standard InChI is InChI=1S/C32H35F3N6O/c1-21-6-5-12-38(16-21)18-23-14-27(32(33,34)35)28-20-40(31(42)41(28)19-23)26-10-4-9-25(15-26)29(24-7-3-8-24)30-22(2)17-39(37-30)13-11-36/h4,9-10,14-15,17,19-21,24,29H,3,5-8,12-13,16,18H2,1-2H3/t21-,29+/m0/s1. The number of aryl methyl sites for hydroxylation is 1. The molecule has 0 unspecified atom stereocenters. The maximum absolute atomic E-state index is 14.3. The molecule has 0 N–H and O–H groups in total. The molecule has 0 bridgehead atoms. The van der Waals surface area contributed by atoms with Crippen molar-refractivity contribution in [2.45, 2.75) is 71.1 Å². The zero-order valence-corrected chi connectivity index (χ0v) is 23.9. The highest BCUT2D eigenvalue weighted by atomic mass is 19.4. The number of fused-ring (bicyclic) bond motifs is 1. The van der Waals surface area contributed by atoms with Gasteiger partial charge in [0.1, 0.15) is 6.54 Å². The van der Waals surface area contributed by atoms with Crippen LogP contribution < -0.4 is 5.69 Å². The van der Waals surface area contributed by atoms with E-state index in [4.69, 9.17) is 10.4 Å². The van der Waals surface area contributed by atoms with E-state index in [9.17, 15) is 18.0 Å². The first-order valence-corrected chi connectivity index (χ1v) is 14.7. The van der Waals surface area contributed by atoms with Crippen molar-refractivity contribution in [1.29, 1.82) is 5.26 Å². The molecule has 0 spiro atoms. The number of piperidine rings is 1. The summed E-state index contributed by atoms with van der Waals surface area (Å²) in [6, 6.07) is 10.8. The molecule has 4 aromatic rings. The van der Waals surface area contributed by atoms with Crippen LogP contribution in [-0.2, 0) is 19.3 Å². The SMILES string of the molecule is Cc1cn(CC#N)nc1[C@@H](c1cccc(-n2cc3c(C(F)(F)F)cc(CN4CCC[C@H](C)C4)cn3c2=O)c1)C1CCC1. The fourth-order valence-electron chi connectivity index (χ4n) is 6.72. The van der Waals surface area contributed by atoms with Crippen LogP contribution in [0.4, 0.5) is 13.2 Å². The lowest BCUT2D eigenvalue weighted by atomic mass is 9.71. The van der Waals surface area contributed by atoms with Gasteiger partial charge in [0.15, 0.2) is 0 Å². The van der Waals surface area contributed by atoms with Gasteiger partial charge in [-0.15, -0.1) is 0 Å². The molecular weight excluding hydrogens is 541 g/mol. The van der Waals surface area contributed by atoms with Crippen molar-refractivity contribution in [2.75, 3.05) is 13.1 Å². The van der Waals surface area contributed by atoms with E-state index >= 15 is 0 Å². The van der Waals surface area contributed by atoms with E-state index in [1.807, 2.05) is 31.3 Å². The van der Waals surface area contributed by atoms with Gasteiger partial charge in [-0.2, -0.15) is 23.5 Å². The smallest absolute Gasteiger partial charge is 0.299 e. The molecule has 0 radical (unpaired) electrons. The van der Waals surface area contributed by atoms with Gasteiger partial charge in [0.25, 0.3) is 0 Å². The summed E-state index contributed by atoms with van der Waals surface area (Å²) in [5.41, 5.74) is 2.35. The van der Waals surface area contributed by atoms with Gasteiger partial charge >= 0.3 is 11.9 Å². The number of rotatable bonds is 7. The van der Waals surface area contributed by atoms with Crippen LogP contribution >= 0.6 is 0 Å². The molecule has 4 heterocycles. The molecule has 42 heavy (non-hydrogen) atoms. The van der Waals surface area contributed by atoms with Gasteiger partial charge in [-0.3, -0.25) is 18.5 Å². The van der Waals surface area contributed by atoms with Crippen LogP contribution in [0.1, 0.15) is 72.9 Å². The second kappa shape index (κ2) is 11.1. The first kappa shape index (κ1) is 28.3. The van der Waals surface area contributed by atoms with Crippen molar-refractivity contribution in [3.8, 4) is 11.8 Å². The number of hydrogen-bond acceptors (Lipinski definition) is 4. The molecule has 1 aliphatic carbocycles. The molecule has 1 aromatic carbocycles. The van der Waals surface area contributed by atoms with E-state index in [1.165, 1.54) is 16.8 Å². The average molecular weight is 577 g/mol. The summed E-state index contributed by atoms with van der Waals surface area (Å²) in [5.74, 6) is 0.829. The number of halogens is 3. The van der Waals surface area contributed by atoms with Gasteiger partial charge in [0, 0.05) is 37.6 Å². The minimum atomic E-state index is -4.61. The molecule has 1 aliphatic heterocycles. The molecule has 6 rings (SSSR count). The van der Waals surface area contributed by atoms with Crippen molar-refractivity contribution >= 4 is 5.52 Å². The van der Waals surface area contributed by atoms with Crippen LogP contribution in [0, 0.1) is 30.1 Å². The van der Waals surface area contributed by atoms with Crippen LogP contribution in [0.3, 0.4) is 0 Å². The summed E-state index contributed by atoms with van der Waals surface area (Å²) in [7, 11) is 0. The molecule has 2 fully saturated rings. The summed E-state index contributed by atoms with van der Waals surface area (Å²) in [6.45, 7) is 6.34. The third-order valence-corrected chi connectivity index (χ3v) is 8.92. The van der Waals surface area contributed by atoms with E-state index in [-0.39, 0.29) is 18.0 Å². The van der Waals surface area contributed by atoms with E-state index in [2.05, 4.69) is 17.9 Å². The molecule has 3 aromatic heterocycles. The number of nitrogens with zero attached hydrogens (tertiary/aromatic N) is 6. The number of alkyl halides is 3. The fourth-order valence-corrected chi connectivity index (χ4v) is 6.72. The highest BCUT2D eigenvalue weighted by Crippen LogP contribution is 2.44. The Balaban J connectivity index is 1.42. The van der Waals surface area contributed by atoms with Crippen LogP contribution in [0.25, 0.3) is 11.2 Å². The van der Waals surface area contributed by atoms with E-state index in [0.29, 0.717) is 29.6 Å². The Kier molecular flexibility index (Phi) is 7.48. The maximum Gasteiger partial charge on any atom is 0.418 e. The maximum atomic E-state index is 14.3. The lowest BCUT2D eigenvalue weighted by molar-refractivity contribution is -0.136. The molecule has 2 aliphatic rings. The molecular formula is C32H35F3N6O. The average Bonchev–Trinajstić information content (AvgIpc) is 3.44. The third kappa shape index (κ3) is 5.38. The Hall–Kier alpha value is -3.84. The predicted molar refractivity (Wildman–Crippen MR) is 153 cm³/mol. The minimum Gasteiger partial charge on any atom is -0.299 e. The number of nitriles is 1. The summed E-state index contributed by atoms with van der Waals surface area (Å²) >= 11 is 0. The van der Waals surface area contributed by atoms with E-state index < -0.39 is 17.4 Å². The zero-order chi connectivity index (χ0) is 29.6. The summed E-state index contributed by atoms with van der Waals surface area (Å²) in [6.07, 6.45) is 5.49. The molecule has 10 heteroatoms. The van der Waals surface area contributed by atoms with Crippen LogP contribution in [0.2, 0.25) is 0 Å². The summed E-state index contributed by atoms with van der Waals surface area (Å²) in [5, 5.41) is 13.9. The Morgan fingerprint density at radius 2 is 1.93 bits per heavy atom. The monoisotopic (exact) mass is 576 g/mol. The Morgan fingerprint density at radius 1 is 1.12 bits per heavy atom. The molecule has 0 amide bonds. The van der Waals surface area contributed by atoms with Gasteiger partial charge in [-0.1, -0.05) is 25.5 Å². The molecule has 2 atom stereocenters. The van der Waals surface area contributed by atoms with Gasteiger partial charge < -0.3 is 0 Å². The van der Waals surface area contributed by atoms with Crippen molar-refractivity contribution in [3.05, 3.63) is 87.4 Å². The van der Waals surface area contributed by atoms with E-state index in [0.717, 1.165) is 66.4 Å². The highest BCUT2D eigenvalue weighted by molar-refractivity contribution is 5.58. The minimum absolute atomic E-state index is 0.0318. The van der Waals surface area contributed by atoms with Gasteiger partial charge in [0.05, 0.1) is 28.5 Å². The highest BCUT2D eigenvalue weighted by Gasteiger charge is 2.35. The van der Waals surface area contributed by atoms with Crippen molar-refractivity contribution in [3.63, 3.8) is 0 Å². The largest absolute Gasteiger partial charge is 0.418 e. The Bertz CT molecular complexity index is 1700. The number of imidazole rings is 1. The quantitative estimate of drug-likeness (QED) is 0.259. The molecule has 1 saturated carbocycles. The zero-order valence-electron chi connectivity index (χ0n) is 23.9. The number of hydrogen-bond donors (Lipinski definition) is 0. The normalized spacial score (nSPS) is 19.1. The third-order valence-electron chi connectivity index (χ3n) is 8.92. The molecule has 7 nitrogen and oxygen atoms in total. The number of aromatic nitrogens is 4. The van der Waals surface area contributed by atoms with E-state index in [1.54, 1.807) is 16.9 Å². The summed E-state index contributed by atoms with van der Waals surface area (Å²) in [4.78, 5) is 15.9. The van der Waals surface area contributed by atoms with Crippen LogP contribution in [0.5, 0.6) is 0 Å². The Morgan fingerprint density at radius 3 is 2.62 bits per heavy atom. The topological polar surface area (TPSA) is 71.3 Å². The number of likely N-dealkylation sites (tertiary alicyclic amines) is 1. The first-order valence-electron chi connectivity index (χ1n) is 14.7. The predicted octanol–water partition coefficient (Wildman–Crippen LogP) is 6.30. The molecule has 220 valence electrons. The van der Waals surface area contributed by atoms with Crippen molar-refractivity contribution in [1.82, 2.24) is 23.6 Å². The molecule has 1 saturated heterocycles. The van der Waals surface area contributed by atoms with Gasteiger partial charge in [-0.25, -0.2) is 4.79 Å². The van der Waals surface area contributed by atoms with Gasteiger partial charge in [-0.05, 0) is 85.9 Å².